The van der Waals surface area contributed by atoms with Gasteiger partial charge in [0.05, 0.1) is 12.4 Å². The van der Waals surface area contributed by atoms with Crippen LogP contribution in [0.1, 0.15) is 0 Å². The van der Waals surface area contributed by atoms with Crippen LogP contribution >= 0.6 is 11.6 Å². The summed E-state index contributed by atoms with van der Waals surface area (Å²) >= 11 is 5.81. The van der Waals surface area contributed by atoms with Crippen molar-refractivity contribution < 1.29 is 97.4 Å². The Hall–Kier alpha value is -6.07. The highest BCUT2D eigenvalue weighted by molar-refractivity contribution is 7.20. The normalized spacial score (nSPS) is 11.5. The Bertz CT molecular complexity index is 2290. The summed E-state index contributed by atoms with van der Waals surface area (Å²) in [5, 5.41) is 0.650. The molecule has 5 aromatic carbocycles. The number of aromatic nitrogens is 2. The summed E-state index contributed by atoms with van der Waals surface area (Å²) in [6.45, 7) is 0. The molecule has 0 aliphatic heterocycles. The van der Waals surface area contributed by atoms with Crippen molar-refractivity contribution in [3.05, 3.63) is 170 Å². The van der Waals surface area contributed by atoms with Crippen LogP contribution in [-0.4, -0.2) is 11.1 Å². The van der Waals surface area contributed by atoms with Crippen molar-refractivity contribution in [1.29, 1.82) is 0 Å². The second-order valence-electron chi connectivity index (χ2n) is 11.5. The van der Waals surface area contributed by atoms with E-state index in [1.165, 1.54) is 0 Å². The van der Waals surface area contributed by atoms with Crippen LogP contribution in [0.2, 0.25) is 5.02 Å². The highest BCUT2D eigenvalue weighted by Crippen LogP contribution is 2.30. The number of benzene rings is 5. The van der Waals surface area contributed by atoms with Gasteiger partial charge in [0, 0.05) is 15.8 Å². The number of hydrogen-bond acceptors (Lipinski definition) is 2. The maximum atomic E-state index is 15.4. The smallest absolute Gasteiger partial charge is 0.241 e. The molecule has 0 amide bonds. The molecule has 25 heteroatoms. The summed E-state index contributed by atoms with van der Waals surface area (Å²) in [6.07, 6.45) is -0.512. The largest absolute Gasteiger partial charge is 0.252 e. The van der Waals surface area contributed by atoms with E-state index in [4.69, 9.17) is 16.4 Å². The van der Waals surface area contributed by atoms with Crippen molar-refractivity contribution >= 4 is 39.6 Å². The molecule has 0 atom stereocenters. The molecule has 1 aromatic heterocycles. The van der Waals surface area contributed by atoms with Gasteiger partial charge in [0.15, 0.2) is 69.8 Å². The number of rotatable bonds is 6. The van der Waals surface area contributed by atoms with Crippen molar-refractivity contribution in [1.82, 2.24) is 4.98 Å². The van der Waals surface area contributed by atoms with Crippen LogP contribution in [0.15, 0.2) is 49.1 Å². The Kier molecular flexibility index (Phi) is 12.2. The first-order valence-corrected chi connectivity index (χ1v) is 15.4. The molecular weight excluding hydrogens is 879 g/mol. The average Bonchev–Trinajstić information content (AvgIpc) is 3.21. The van der Waals surface area contributed by atoms with Crippen molar-refractivity contribution in [2.24, 2.45) is 0 Å². The summed E-state index contributed by atoms with van der Waals surface area (Å²) in [5.41, 5.74) is -14.3. The zero-order valence-corrected chi connectivity index (χ0v) is 28.2. The number of nitrogens with zero attached hydrogens (tertiary/aromatic N) is 2. The zero-order chi connectivity index (χ0) is 44.2. The fourth-order valence-electron chi connectivity index (χ4n) is 5.89. The van der Waals surface area contributed by atoms with Gasteiger partial charge >= 0.3 is 0 Å². The molecule has 310 valence electrons. The van der Waals surface area contributed by atoms with E-state index in [2.05, 4.69) is 4.98 Å². The molecule has 0 N–H and O–H groups in total. The van der Waals surface area contributed by atoms with Crippen molar-refractivity contribution in [2.75, 3.05) is 0 Å². The van der Waals surface area contributed by atoms with Crippen molar-refractivity contribution in [2.45, 2.75) is 0 Å². The maximum absolute atomic E-state index is 15.4. The summed E-state index contributed by atoms with van der Waals surface area (Å²) in [7, 11) is 0. The van der Waals surface area contributed by atoms with Crippen molar-refractivity contribution in [3.8, 4) is 5.75 Å². The van der Waals surface area contributed by atoms with Gasteiger partial charge in [-0.05, 0) is 12.1 Å². The molecule has 6 aromatic rings. The quantitative estimate of drug-likeness (QED) is 0.0564. The Morgan fingerprint density at radius 2 is 0.644 bits per heavy atom. The Morgan fingerprint density at radius 3 is 0.898 bits per heavy atom. The maximum Gasteiger partial charge on any atom is 0.241 e. The predicted octanol–water partition coefficient (Wildman–Crippen LogP) is 7.71. The van der Waals surface area contributed by atoms with E-state index in [0.29, 0.717) is 10.8 Å². The van der Waals surface area contributed by atoms with Gasteiger partial charge in [0.2, 0.25) is 18.1 Å². The molecule has 0 saturated carbocycles. The number of hydrogen-bond donors (Lipinski definition) is 0. The van der Waals surface area contributed by atoms with E-state index in [-0.39, 0.29) is 0 Å². The van der Waals surface area contributed by atoms with Crippen LogP contribution in [0.3, 0.4) is 0 Å². The first kappa shape index (κ1) is 44.0. The third-order valence-corrected chi connectivity index (χ3v) is 8.55. The third-order valence-electron chi connectivity index (χ3n) is 8.31. The molecule has 0 spiro atoms. The predicted molar refractivity (Wildman–Crippen MR) is 161 cm³/mol. The lowest BCUT2D eigenvalue weighted by atomic mass is 9.12. The fourth-order valence-corrected chi connectivity index (χ4v) is 6.07. The summed E-state index contributed by atoms with van der Waals surface area (Å²) in [6, 6.07) is 7.21. The third kappa shape index (κ3) is 7.01. The molecule has 0 radical (unpaired) electrons. The van der Waals surface area contributed by atoms with Crippen LogP contribution in [0.5, 0.6) is 5.75 Å². The molecule has 3 nitrogen and oxygen atoms in total. The van der Waals surface area contributed by atoms with E-state index < -0.39 is 144 Å². The van der Waals surface area contributed by atoms with Gasteiger partial charge in [-0.25, -0.2) is 92.6 Å². The zero-order valence-electron chi connectivity index (χ0n) is 27.4. The van der Waals surface area contributed by atoms with E-state index in [9.17, 15) is 52.7 Å². The molecule has 0 aliphatic rings. The van der Waals surface area contributed by atoms with Crippen LogP contribution in [0.25, 0.3) is 0 Å². The van der Waals surface area contributed by atoms with E-state index in [0.717, 1.165) is 0 Å². The van der Waals surface area contributed by atoms with Crippen LogP contribution in [0, 0.1) is 116 Å². The minimum atomic E-state index is -7.22. The lowest BCUT2D eigenvalue weighted by molar-refractivity contribution is -0.875. The fraction of sp³-hybridized carbons (Fsp3) is 0. The van der Waals surface area contributed by atoms with E-state index in [1.807, 2.05) is 12.1 Å². The van der Waals surface area contributed by atoms with Gasteiger partial charge < -0.3 is 0 Å². The molecular formula is C34H8BClF20N2O. The van der Waals surface area contributed by atoms with Crippen LogP contribution in [-0.2, 0) is 0 Å². The lowest BCUT2D eigenvalue weighted by Crippen LogP contribution is -2.81. The molecule has 0 fully saturated rings. The SMILES string of the molecule is Clc1cccc(O[n+]2ccncc2)c1.Fc1c(F)c(F)c([B-](c2c(F)c(F)c(F)c(F)c2F)(c2c(F)c(F)c(F)c(F)c2F)c2c(F)c(F)c(F)c(F)c2F)c(F)c1F. The van der Waals surface area contributed by atoms with E-state index >= 15 is 35.1 Å². The molecule has 0 unspecified atom stereocenters. The van der Waals surface area contributed by atoms with Gasteiger partial charge in [-0.15, -0.1) is 21.9 Å². The number of halogens is 21. The monoisotopic (exact) mass is 886 g/mol. The topological polar surface area (TPSA) is 26.0 Å². The van der Waals surface area contributed by atoms with Gasteiger partial charge in [0.25, 0.3) is 0 Å². The standard InChI is InChI=1S/C24BF20.C10H8ClN2O/c26-5-1(6(27)14(35)21(42)13(5)34)25(2-7(28)15(36)22(43)16(37)8(2)29,3-9(30)17(38)23(44)18(39)10(3)31)4-11(32)19(40)24(45)20(41)12(4)33;11-9-2-1-3-10(8-9)14-13-6-4-12-5-7-13/h;1-8H/q-1;+1. The van der Waals surface area contributed by atoms with Crippen LogP contribution < -0.4 is 31.4 Å². The van der Waals surface area contributed by atoms with Gasteiger partial charge in [0.1, 0.15) is 52.7 Å². The van der Waals surface area contributed by atoms with Gasteiger partial charge in [-0.3, -0.25) is 4.98 Å². The summed E-state index contributed by atoms with van der Waals surface area (Å²) in [5.74, 6) is -70.7. The van der Waals surface area contributed by atoms with Crippen molar-refractivity contribution in [3.63, 3.8) is 0 Å². The minimum absolute atomic E-state index is 0.650. The average molecular weight is 887 g/mol. The molecule has 0 bridgehead atoms. The molecule has 0 aliphatic carbocycles. The van der Waals surface area contributed by atoms with E-state index in [1.54, 1.807) is 41.7 Å². The second kappa shape index (κ2) is 16.3. The first-order chi connectivity index (χ1) is 27.5. The highest BCUT2D eigenvalue weighted by atomic mass is 35.5. The minimum Gasteiger partial charge on any atom is -0.252 e. The Labute approximate surface area is 318 Å². The van der Waals surface area contributed by atoms with Crippen LogP contribution in [0.4, 0.5) is 87.8 Å². The second-order valence-corrected chi connectivity index (χ2v) is 11.9. The molecule has 0 saturated heterocycles. The van der Waals surface area contributed by atoms with Gasteiger partial charge in [-0.1, -0.05) is 17.7 Å². The van der Waals surface area contributed by atoms with Gasteiger partial charge in [-0.2, -0.15) is 0 Å². The lowest BCUT2D eigenvalue weighted by Gasteiger charge is -2.44. The summed E-state index contributed by atoms with van der Waals surface area (Å²) < 4.78 is 296. The summed E-state index contributed by atoms with van der Waals surface area (Å²) in [4.78, 5) is 9.33. The Morgan fingerprint density at radius 1 is 0.390 bits per heavy atom. The highest BCUT2D eigenvalue weighted by Gasteiger charge is 2.52. The Balaban J connectivity index is 0.000000395. The molecule has 6 rings (SSSR count). The molecule has 1 heterocycles. The first-order valence-electron chi connectivity index (χ1n) is 15.0. The molecule has 59 heavy (non-hydrogen) atoms.